The molecule has 2 aliphatic heterocycles. The van der Waals surface area contributed by atoms with Gasteiger partial charge in [-0.15, -0.1) is 0 Å². The Kier molecular flexibility index (Phi) is 5.63. The molecule has 6 heteroatoms. The summed E-state index contributed by atoms with van der Waals surface area (Å²) < 4.78 is 0. The summed E-state index contributed by atoms with van der Waals surface area (Å²) in [6.07, 6.45) is 2.51. The molecule has 1 aromatic carbocycles. The van der Waals surface area contributed by atoms with Crippen molar-refractivity contribution in [3.63, 3.8) is 0 Å². The predicted octanol–water partition coefficient (Wildman–Crippen LogP) is 1.19. The van der Waals surface area contributed by atoms with Crippen LogP contribution in [-0.4, -0.2) is 70.2 Å². The lowest BCUT2D eigenvalue weighted by Gasteiger charge is -2.41. The first-order valence-electron chi connectivity index (χ1n) is 9.40. The summed E-state index contributed by atoms with van der Waals surface area (Å²) in [5.74, 6) is -0.0434. The van der Waals surface area contributed by atoms with E-state index in [1.165, 1.54) is 0 Å². The Balaban J connectivity index is 1.57. The van der Waals surface area contributed by atoms with Crippen LogP contribution in [0.4, 0.5) is 0 Å². The number of aliphatic hydroxyl groups excluding tert-OH is 1. The summed E-state index contributed by atoms with van der Waals surface area (Å²) >= 11 is 0. The van der Waals surface area contributed by atoms with Gasteiger partial charge in [-0.1, -0.05) is 18.2 Å². The molecule has 2 heterocycles. The number of hydrogen-bond acceptors (Lipinski definition) is 4. The number of rotatable bonds is 3. The standard InChI is InChI=1S/C20H28N2O4/c1-15-5-2-3-6-17(15)19(25)21-11-7-16(8-12-21)18(24)22-10-4-9-20(26,13-22)14-23/h2-3,5-6,16,23,26H,4,7-14H2,1H3/t20-/m1/s1. The van der Waals surface area contributed by atoms with Gasteiger partial charge >= 0.3 is 0 Å². The minimum atomic E-state index is -1.17. The number of hydrogen-bond donors (Lipinski definition) is 2. The predicted molar refractivity (Wildman–Crippen MR) is 97.7 cm³/mol. The zero-order valence-corrected chi connectivity index (χ0v) is 15.4. The first kappa shape index (κ1) is 18.9. The van der Waals surface area contributed by atoms with Crippen molar-refractivity contribution in [3.8, 4) is 0 Å². The Morgan fingerprint density at radius 3 is 2.50 bits per heavy atom. The molecule has 2 fully saturated rings. The maximum Gasteiger partial charge on any atom is 0.254 e. The number of likely N-dealkylation sites (tertiary alicyclic amines) is 2. The molecular weight excluding hydrogens is 332 g/mol. The molecule has 0 aliphatic carbocycles. The second-order valence-corrected chi connectivity index (χ2v) is 7.63. The van der Waals surface area contributed by atoms with Crippen LogP contribution in [0, 0.1) is 12.8 Å². The Bertz CT molecular complexity index is 670. The molecule has 26 heavy (non-hydrogen) atoms. The van der Waals surface area contributed by atoms with Gasteiger partial charge in [0.25, 0.3) is 5.91 Å². The van der Waals surface area contributed by atoms with Crippen molar-refractivity contribution in [3.05, 3.63) is 35.4 Å². The number of amides is 2. The minimum Gasteiger partial charge on any atom is -0.393 e. The number of nitrogens with zero attached hydrogens (tertiary/aromatic N) is 2. The van der Waals surface area contributed by atoms with Crippen LogP contribution >= 0.6 is 0 Å². The second kappa shape index (κ2) is 7.76. The lowest BCUT2D eigenvalue weighted by atomic mass is 9.90. The molecule has 1 aromatic rings. The third-order valence-corrected chi connectivity index (χ3v) is 5.67. The Morgan fingerprint density at radius 1 is 1.15 bits per heavy atom. The monoisotopic (exact) mass is 360 g/mol. The molecule has 1 atom stereocenters. The van der Waals surface area contributed by atoms with E-state index >= 15 is 0 Å². The maximum absolute atomic E-state index is 12.8. The van der Waals surface area contributed by atoms with Gasteiger partial charge in [0.1, 0.15) is 5.60 Å². The van der Waals surface area contributed by atoms with E-state index in [1.54, 1.807) is 4.90 Å². The molecule has 3 rings (SSSR count). The molecule has 2 saturated heterocycles. The highest BCUT2D eigenvalue weighted by Crippen LogP contribution is 2.26. The highest BCUT2D eigenvalue weighted by atomic mass is 16.3. The summed E-state index contributed by atoms with van der Waals surface area (Å²) in [7, 11) is 0. The van der Waals surface area contributed by atoms with Crippen molar-refractivity contribution in [1.29, 1.82) is 0 Å². The average molecular weight is 360 g/mol. The zero-order valence-electron chi connectivity index (χ0n) is 15.4. The van der Waals surface area contributed by atoms with Gasteiger partial charge in [0.05, 0.1) is 13.2 Å². The van der Waals surface area contributed by atoms with E-state index in [-0.39, 0.29) is 30.9 Å². The van der Waals surface area contributed by atoms with Gasteiger partial charge in [-0.05, 0) is 44.2 Å². The largest absolute Gasteiger partial charge is 0.393 e. The smallest absolute Gasteiger partial charge is 0.254 e. The van der Waals surface area contributed by atoms with Crippen LogP contribution in [0.3, 0.4) is 0 Å². The number of carbonyl (C=O) groups is 2. The van der Waals surface area contributed by atoms with Gasteiger partial charge < -0.3 is 20.0 Å². The normalized spacial score (nSPS) is 24.6. The number of aryl methyl sites for hydroxylation is 1. The van der Waals surface area contributed by atoms with Crippen molar-refractivity contribution >= 4 is 11.8 Å². The van der Waals surface area contributed by atoms with Gasteiger partial charge in [0.15, 0.2) is 0 Å². The molecule has 0 bridgehead atoms. The maximum atomic E-state index is 12.8. The van der Waals surface area contributed by atoms with Crippen LogP contribution in [0.25, 0.3) is 0 Å². The Hall–Kier alpha value is -1.92. The van der Waals surface area contributed by atoms with E-state index in [1.807, 2.05) is 36.1 Å². The van der Waals surface area contributed by atoms with Crippen molar-refractivity contribution in [2.75, 3.05) is 32.8 Å². The molecule has 2 N–H and O–H groups in total. The quantitative estimate of drug-likeness (QED) is 0.849. The lowest BCUT2D eigenvalue weighted by Crippen LogP contribution is -2.54. The average Bonchev–Trinajstić information content (AvgIpc) is 2.67. The molecule has 0 unspecified atom stereocenters. The molecular formula is C20H28N2O4. The van der Waals surface area contributed by atoms with E-state index in [9.17, 15) is 19.8 Å². The molecule has 2 amide bonds. The SMILES string of the molecule is Cc1ccccc1C(=O)N1CCC(C(=O)N2CCC[C@](O)(CO)C2)CC1. The van der Waals surface area contributed by atoms with Crippen molar-refractivity contribution < 1.29 is 19.8 Å². The van der Waals surface area contributed by atoms with Crippen molar-refractivity contribution in [2.45, 2.75) is 38.2 Å². The number of β-amino-alcohol motifs (C(OH)–C–C–N with tert-alkyl or cyclic N) is 1. The van der Waals surface area contributed by atoms with E-state index in [0.29, 0.717) is 45.3 Å². The summed E-state index contributed by atoms with van der Waals surface area (Å²) in [6.45, 7) is 3.58. The first-order valence-corrected chi connectivity index (χ1v) is 9.40. The molecule has 0 spiro atoms. The summed E-state index contributed by atoms with van der Waals surface area (Å²) in [5.41, 5.74) is 0.517. The number of benzene rings is 1. The van der Waals surface area contributed by atoms with Gasteiger partial charge in [-0.3, -0.25) is 9.59 Å². The second-order valence-electron chi connectivity index (χ2n) is 7.63. The first-order chi connectivity index (χ1) is 12.4. The Labute approximate surface area is 154 Å². The van der Waals surface area contributed by atoms with E-state index in [2.05, 4.69) is 0 Å². The van der Waals surface area contributed by atoms with Gasteiger partial charge in [-0.2, -0.15) is 0 Å². The van der Waals surface area contributed by atoms with Crippen molar-refractivity contribution in [1.82, 2.24) is 9.80 Å². The fraction of sp³-hybridized carbons (Fsp3) is 0.600. The molecule has 6 nitrogen and oxygen atoms in total. The third kappa shape index (κ3) is 3.91. The fourth-order valence-corrected chi connectivity index (χ4v) is 4.00. The van der Waals surface area contributed by atoms with E-state index in [4.69, 9.17) is 0 Å². The van der Waals surface area contributed by atoms with E-state index < -0.39 is 5.60 Å². The fourth-order valence-electron chi connectivity index (χ4n) is 4.00. The van der Waals surface area contributed by atoms with Gasteiger partial charge in [-0.25, -0.2) is 0 Å². The number of carbonyl (C=O) groups excluding carboxylic acids is 2. The number of piperidine rings is 2. The van der Waals surface area contributed by atoms with Crippen LogP contribution in [0.15, 0.2) is 24.3 Å². The van der Waals surface area contributed by atoms with Crippen LogP contribution in [-0.2, 0) is 4.79 Å². The number of aliphatic hydroxyl groups is 2. The third-order valence-electron chi connectivity index (χ3n) is 5.67. The highest BCUT2D eigenvalue weighted by Gasteiger charge is 2.38. The van der Waals surface area contributed by atoms with Crippen LogP contribution in [0.5, 0.6) is 0 Å². The summed E-state index contributed by atoms with van der Waals surface area (Å²) in [6, 6.07) is 7.57. The highest BCUT2D eigenvalue weighted by molar-refractivity contribution is 5.95. The molecule has 2 aliphatic rings. The van der Waals surface area contributed by atoms with Gasteiger partial charge in [0, 0.05) is 31.1 Å². The summed E-state index contributed by atoms with van der Waals surface area (Å²) in [5, 5.41) is 19.6. The van der Waals surface area contributed by atoms with Crippen molar-refractivity contribution in [2.24, 2.45) is 5.92 Å². The Morgan fingerprint density at radius 2 is 1.85 bits per heavy atom. The van der Waals surface area contributed by atoms with Crippen LogP contribution in [0.2, 0.25) is 0 Å². The molecule has 0 aromatic heterocycles. The molecule has 0 saturated carbocycles. The summed E-state index contributed by atoms with van der Waals surface area (Å²) in [4.78, 5) is 29.0. The van der Waals surface area contributed by atoms with Gasteiger partial charge in [0.2, 0.25) is 5.91 Å². The van der Waals surface area contributed by atoms with Crippen LogP contribution in [0.1, 0.15) is 41.6 Å². The van der Waals surface area contributed by atoms with Crippen LogP contribution < -0.4 is 0 Å². The lowest BCUT2D eigenvalue weighted by molar-refractivity contribution is -0.146. The zero-order chi connectivity index (χ0) is 18.7. The topological polar surface area (TPSA) is 81.1 Å². The minimum absolute atomic E-state index is 0.0293. The molecule has 142 valence electrons. The molecule has 0 radical (unpaired) electrons. The van der Waals surface area contributed by atoms with E-state index in [0.717, 1.165) is 11.1 Å².